The Labute approximate surface area is 124 Å². The summed E-state index contributed by atoms with van der Waals surface area (Å²) in [6, 6.07) is -0.792. The van der Waals surface area contributed by atoms with Crippen LogP contribution in [0.5, 0.6) is 0 Å². The van der Waals surface area contributed by atoms with Crippen molar-refractivity contribution in [3.8, 4) is 0 Å². The highest BCUT2D eigenvalue weighted by atomic mass is 16.5. The molecule has 4 aliphatic carbocycles. The quantitative estimate of drug-likeness (QED) is 0.838. The minimum atomic E-state index is -0.937. The van der Waals surface area contributed by atoms with Crippen molar-refractivity contribution in [1.29, 1.82) is 0 Å². The fourth-order valence-electron chi connectivity index (χ4n) is 5.73. The van der Waals surface area contributed by atoms with E-state index in [0.717, 1.165) is 19.3 Å². The Hall–Kier alpha value is -1.10. The van der Waals surface area contributed by atoms with E-state index in [1.807, 2.05) is 0 Å². The van der Waals surface area contributed by atoms with E-state index in [9.17, 15) is 14.7 Å². The van der Waals surface area contributed by atoms with Crippen LogP contribution in [0.25, 0.3) is 0 Å². The Morgan fingerprint density at radius 3 is 2.14 bits per heavy atom. The van der Waals surface area contributed by atoms with E-state index in [1.165, 1.54) is 19.3 Å². The van der Waals surface area contributed by atoms with E-state index in [2.05, 4.69) is 0 Å². The molecule has 116 valence electrons. The van der Waals surface area contributed by atoms with Gasteiger partial charge in [-0.05, 0) is 56.3 Å². The molecule has 5 aliphatic rings. The Kier molecular flexibility index (Phi) is 3.03. The van der Waals surface area contributed by atoms with Gasteiger partial charge in [0.05, 0.1) is 18.6 Å². The Morgan fingerprint density at radius 1 is 1.05 bits per heavy atom. The first kappa shape index (κ1) is 13.6. The number of carbonyl (C=O) groups is 2. The van der Waals surface area contributed by atoms with E-state index in [1.54, 1.807) is 4.90 Å². The van der Waals surface area contributed by atoms with Crippen molar-refractivity contribution in [1.82, 2.24) is 4.90 Å². The van der Waals surface area contributed by atoms with Crippen molar-refractivity contribution in [2.75, 3.05) is 19.8 Å². The van der Waals surface area contributed by atoms with Crippen LogP contribution in [0.1, 0.15) is 38.5 Å². The number of carbonyl (C=O) groups excluding carboxylic acids is 1. The first-order valence-electron chi connectivity index (χ1n) is 8.19. The molecule has 0 aromatic rings. The van der Waals surface area contributed by atoms with Gasteiger partial charge >= 0.3 is 5.97 Å². The van der Waals surface area contributed by atoms with Crippen molar-refractivity contribution in [2.24, 2.45) is 23.2 Å². The van der Waals surface area contributed by atoms with Gasteiger partial charge in [0.2, 0.25) is 5.91 Å². The van der Waals surface area contributed by atoms with Crippen molar-refractivity contribution >= 4 is 11.9 Å². The number of aliphatic carboxylic acids is 1. The van der Waals surface area contributed by atoms with Crippen LogP contribution >= 0.6 is 0 Å². The number of carboxylic acid groups (broad SMARTS) is 1. The average molecular weight is 293 g/mol. The molecular formula is C16H23NO4. The third-order valence-electron chi connectivity index (χ3n) is 6.17. The third kappa shape index (κ3) is 2.08. The number of rotatable bonds is 2. The predicted octanol–water partition coefficient (Wildman–Crippen LogP) is 1.51. The molecule has 5 rings (SSSR count). The summed E-state index contributed by atoms with van der Waals surface area (Å²) in [7, 11) is 0. The van der Waals surface area contributed by atoms with E-state index in [4.69, 9.17) is 4.74 Å². The number of hydrogen-bond donors (Lipinski definition) is 1. The van der Waals surface area contributed by atoms with E-state index >= 15 is 0 Å². The molecule has 21 heavy (non-hydrogen) atoms. The molecule has 0 spiro atoms. The molecule has 1 amide bonds. The molecule has 5 nitrogen and oxygen atoms in total. The molecule has 0 radical (unpaired) electrons. The van der Waals surface area contributed by atoms with Gasteiger partial charge in [-0.1, -0.05) is 0 Å². The molecule has 0 aromatic carbocycles. The van der Waals surface area contributed by atoms with Crippen LogP contribution < -0.4 is 0 Å². The number of carboxylic acids is 1. The molecule has 1 saturated heterocycles. The van der Waals surface area contributed by atoms with Crippen LogP contribution in [0, 0.1) is 23.2 Å². The predicted molar refractivity (Wildman–Crippen MR) is 74.6 cm³/mol. The lowest BCUT2D eigenvalue weighted by Crippen LogP contribution is -2.60. The highest BCUT2D eigenvalue weighted by molar-refractivity contribution is 5.88. The zero-order chi connectivity index (χ0) is 14.6. The van der Waals surface area contributed by atoms with E-state index in [0.29, 0.717) is 30.9 Å². The van der Waals surface area contributed by atoms with Gasteiger partial charge in [0.25, 0.3) is 0 Å². The Bertz CT molecular complexity index is 440. The topological polar surface area (TPSA) is 66.8 Å². The highest BCUT2D eigenvalue weighted by Crippen LogP contribution is 2.60. The molecular weight excluding hydrogens is 270 g/mol. The van der Waals surface area contributed by atoms with Crippen LogP contribution in [0.15, 0.2) is 0 Å². The van der Waals surface area contributed by atoms with Crippen LogP contribution in [-0.4, -0.2) is 47.7 Å². The zero-order valence-electron chi connectivity index (χ0n) is 12.3. The van der Waals surface area contributed by atoms with Crippen LogP contribution in [0.4, 0.5) is 0 Å². The molecule has 4 bridgehead atoms. The van der Waals surface area contributed by atoms with Gasteiger partial charge in [-0.2, -0.15) is 0 Å². The standard InChI is InChI=1S/C16H23NO4/c18-14(19)13-9-21-2-1-17(13)15(20)16-6-10-3-11(7-16)5-12(4-10)8-16/h10-13H,1-9H2,(H,18,19). The number of hydrogen-bond acceptors (Lipinski definition) is 3. The van der Waals surface area contributed by atoms with Gasteiger partial charge in [-0.3, -0.25) is 4.79 Å². The molecule has 1 atom stereocenters. The molecule has 1 aliphatic heterocycles. The first-order chi connectivity index (χ1) is 10.1. The molecule has 4 saturated carbocycles. The second-order valence-electron chi connectivity index (χ2n) is 7.63. The summed E-state index contributed by atoms with van der Waals surface area (Å²) in [6.07, 6.45) is 6.83. The maximum atomic E-state index is 13.2. The fourth-order valence-corrected chi connectivity index (χ4v) is 5.73. The van der Waals surface area contributed by atoms with E-state index < -0.39 is 12.0 Å². The molecule has 5 fully saturated rings. The smallest absolute Gasteiger partial charge is 0.328 e. The summed E-state index contributed by atoms with van der Waals surface area (Å²) < 4.78 is 5.27. The van der Waals surface area contributed by atoms with Gasteiger partial charge in [0.1, 0.15) is 0 Å². The minimum Gasteiger partial charge on any atom is -0.480 e. The summed E-state index contributed by atoms with van der Waals surface area (Å²) in [5, 5.41) is 9.37. The lowest BCUT2D eigenvalue weighted by molar-refractivity contribution is -0.173. The number of morpholine rings is 1. The van der Waals surface area contributed by atoms with Crippen LogP contribution in [0.2, 0.25) is 0 Å². The van der Waals surface area contributed by atoms with Crippen molar-refractivity contribution < 1.29 is 19.4 Å². The maximum absolute atomic E-state index is 13.2. The van der Waals surface area contributed by atoms with Crippen LogP contribution in [-0.2, 0) is 14.3 Å². The summed E-state index contributed by atoms with van der Waals surface area (Å²) in [5.74, 6) is 1.27. The SMILES string of the molecule is O=C(O)C1COCCN1C(=O)C12CC3CC(CC(C3)C1)C2. The normalized spacial score (nSPS) is 44.9. The summed E-state index contributed by atoms with van der Waals surface area (Å²) in [6.45, 7) is 1.02. The lowest BCUT2D eigenvalue weighted by atomic mass is 9.49. The van der Waals surface area contributed by atoms with Gasteiger partial charge in [-0.25, -0.2) is 4.79 Å². The largest absolute Gasteiger partial charge is 0.480 e. The van der Waals surface area contributed by atoms with Crippen molar-refractivity contribution in [2.45, 2.75) is 44.6 Å². The number of amides is 1. The molecule has 0 aromatic heterocycles. The summed E-state index contributed by atoms with van der Waals surface area (Å²) in [4.78, 5) is 26.2. The fraction of sp³-hybridized carbons (Fsp3) is 0.875. The second-order valence-corrected chi connectivity index (χ2v) is 7.63. The Balaban J connectivity index is 1.60. The van der Waals surface area contributed by atoms with Gasteiger partial charge in [0, 0.05) is 6.54 Å². The van der Waals surface area contributed by atoms with Gasteiger partial charge in [0.15, 0.2) is 6.04 Å². The number of nitrogens with zero attached hydrogens (tertiary/aromatic N) is 1. The first-order valence-corrected chi connectivity index (χ1v) is 8.19. The summed E-state index contributed by atoms with van der Waals surface area (Å²) in [5.41, 5.74) is -0.250. The van der Waals surface area contributed by atoms with Crippen molar-refractivity contribution in [3.05, 3.63) is 0 Å². The zero-order valence-corrected chi connectivity index (χ0v) is 12.3. The third-order valence-corrected chi connectivity index (χ3v) is 6.17. The van der Waals surface area contributed by atoms with Crippen molar-refractivity contribution in [3.63, 3.8) is 0 Å². The lowest BCUT2D eigenvalue weighted by Gasteiger charge is -2.57. The monoisotopic (exact) mass is 293 g/mol. The molecule has 1 N–H and O–H groups in total. The minimum absolute atomic E-state index is 0.109. The average Bonchev–Trinajstić information content (AvgIpc) is 2.45. The molecule has 1 unspecified atom stereocenters. The molecule has 1 heterocycles. The Morgan fingerprint density at radius 2 is 1.62 bits per heavy atom. The van der Waals surface area contributed by atoms with E-state index in [-0.39, 0.29) is 17.9 Å². The van der Waals surface area contributed by atoms with Gasteiger partial charge in [-0.15, -0.1) is 0 Å². The van der Waals surface area contributed by atoms with Crippen LogP contribution in [0.3, 0.4) is 0 Å². The van der Waals surface area contributed by atoms with Gasteiger partial charge < -0.3 is 14.7 Å². The maximum Gasteiger partial charge on any atom is 0.328 e. The second kappa shape index (κ2) is 4.70. The highest BCUT2D eigenvalue weighted by Gasteiger charge is 2.56. The summed E-state index contributed by atoms with van der Waals surface area (Å²) >= 11 is 0. The number of ether oxygens (including phenoxy) is 1. The molecule has 5 heteroatoms.